The number of hydrogen-bond donors (Lipinski definition) is 2. The highest BCUT2D eigenvalue weighted by Crippen LogP contribution is 1.97. The maximum absolute atomic E-state index is 12.2. The Hall–Kier alpha value is -0.750. The van der Waals surface area contributed by atoms with Gasteiger partial charge in [0.25, 0.3) is 6.43 Å². The largest absolute Gasteiger partial charge is 0.355 e. The summed E-state index contributed by atoms with van der Waals surface area (Å²) in [4.78, 5) is 12.7. The van der Waals surface area contributed by atoms with Crippen LogP contribution in [0.15, 0.2) is 0 Å². The summed E-state index contributed by atoms with van der Waals surface area (Å²) >= 11 is 0. The predicted molar refractivity (Wildman–Crippen MR) is 59.3 cm³/mol. The summed E-state index contributed by atoms with van der Waals surface area (Å²) in [5.74, 6) is 0.116. The molecule has 16 heavy (non-hydrogen) atoms. The zero-order chi connectivity index (χ0) is 12.6. The molecular formula is C10H21F2N3O. The molecule has 0 atom stereocenters. The fourth-order valence-corrected chi connectivity index (χ4v) is 1.19. The minimum absolute atomic E-state index is 0.0196. The molecule has 0 spiro atoms. The van der Waals surface area contributed by atoms with Crippen molar-refractivity contribution in [3.8, 4) is 0 Å². The van der Waals surface area contributed by atoms with Crippen LogP contribution in [0.1, 0.15) is 13.8 Å². The first-order valence-corrected chi connectivity index (χ1v) is 5.43. The number of nitrogens with two attached hydrogens (primary N) is 1. The highest BCUT2D eigenvalue weighted by molar-refractivity contribution is 5.77. The van der Waals surface area contributed by atoms with Crippen molar-refractivity contribution in [2.24, 2.45) is 11.7 Å². The van der Waals surface area contributed by atoms with Gasteiger partial charge in [-0.25, -0.2) is 8.78 Å². The van der Waals surface area contributed by atoms with Crippen LogP contribution in [0.2, 0.25) is 0 Å². The summed E-state index contributed by atoms with van der Waals surface area (Å²) in [6, 6.07) is 0. The zero-order valence-electron chi connectivity index (χ0n) is 9.88. The molecule has 0 fully saturated rings. The molecule has 0 heterocycles. The van der Waals surface area contributed by atoms with Gasteiger partial charge in [0.05, 0.1) is 13.1 Å². The molecule has 0 saturated carbocycles. The van der Waals surface area contributed by atoms with Gasteiger partial charge in [-0.2, -0.15) is 0 Å². The molecule has 0 aromatic rings. The zero-order valence-corrected chi connectivity index (χ0v) is 9.88. The number of alkyl halides is 2. The molecule has 4 nitrogen and oxygen atoms in total. The summed E-state index contributed by atoms with van der Waals surface area (Å²) in [5, 5.41) is 2.68. The molecule has 0 radical (unpaired) electrons. The Morgan fingerprint density at radius 1 is 1.44 bits per heavy atom. The Morgan fingerprint density at radius 3 is 2.50 bits per heavy atom. The van der Waals surface area contributed by atoms with Gasteiger partial charge in [0.1, 0.15) is 0 Å². The standard InChI is InChI=1S/C10H21F2N3O/c1-8(2)5-14-10(16)7-15(4-3-13)6-9(11)12/h8-9H,3-7,13H2,1-2H3,(H,14,16). The molecule has 3 N–H and O–H groups in total. The van der Waals surface area contributed by atoms with Gasteiger partial charge in [0.2, 0.25) is 5.91 Å². The van der Waals surface area contributed by atoms with Crippen molar-refractivity contribution in [3.63, 3.8) is 0 Å². The lowest BCUT2D eigenvalue weighted by Gasteiger charge is -2.20. The Labute approximate surface area is 95.2 Å². The fraction of sp³-hybridized carbons (Fsp3) is 0.900. The molecule has 0 aliphatic rings. The van der Waals surface area contributed by atoms with Crippen LogP contribution < -0.4 is 11.1 Å². The van der Waals surface area contributed by atoms with Crippen molar-refractivity contribution in [1.29, 1.82) is 0 Å². The number of nitrogens with one attached hydrogen (secondary N) is 1. The van der Waals surface area contributed by atoms with Crippen LogP contribution in [-0.4, -0.2) is 50.0 Å². The average Bonchev–Trinajstić information content (AvgIpc) is 2.14. The van der Waals surface area contributed by atoms with E-state index in [0.717, 1.165) is 0 Å². The van der Waals surface area contributed by atoms with Gasteiger partial charge in [0, 0.05) is 19.6 Å². The van der Waals surface area contributed by atoms with E-state index in [-0.39, 0.29) is 19.0 Å². The Balaban J connectivity index is 3.92. The van der Waals surface area contributed by atoms with Gasteiger partial charge in [-0.05, 0) is 5.92 Å². The Bertz CT molecular complexity index is 201. The van der Waals surface area contributed by atoms with Gasteiger partial charge in [-0.1, -0.05) is 13.8 Å². The number of halogens is 2. The minimum atomic E-state index is -2.44. The molecular weight excluding hydrogens is 216 g/mol. The normalized spacial score (nSPS) is 11.5. The number of carbonyl (C=O) groups excluding carboxylic acids is 1. The number of hydrogen-bond acceptors (Lipinski definition) is 3. The molecule has 0 aromatic carbocycles. The molecule has 0 unspecified atom stereocenters. The smallest absolute Gasteiger partial charge is 0.251 e. The second kappa shape index (κ2) is 8.41. The lowest BCUT2D eigenvalue weighted by molar-refractivity contribution is -0.122. The maximum Gasteiger partial charge on any atom is 0.251 e. The van der Waals surface area contributed by atoms with E-state index < -0.39 is 13.0 Å². The molecule has 1 amide bonds. The van der Waals surface area contributed by atoms with E-state index in [2.05, 4.69) is 5.32 Å². The van der Waals surface area contributed by atoms with Crippen LogP contribution in [0.5, 0.6) is 0 Å². The number of nitrogens with zero attached hydrogens (tertiary/aromatic N) is 1. The first kappa shape index (κ1) is 15.2. The minimum Gasteiger partial charge on any atom is -0.355 e. The number of amides is 1. The molecule has 6 heteroatoms. The number of carbonyl (C=O) groups is 1. The SMILES string of the molecule is CC(C)CNC(=O)CN(CCN)CC(F)F. The van der Waals surface area contributed by atoms with E-state index in [1.165, 1.54) is 4.90 Å². The van der Waals surface area contributed by atoms with Crippen LogP contribution in [0.25, 0.3) is 0 Å². The van der Waals surface area contributed by atoms with Crippen molar-refractivity contribution in [2.45, 2.75) is 20.3 Å². The summed E-state index contributed by atoms with van der Waals surface area (Å²) in [5.41, 5.74) is 5.28. The highest BCUT2D eigenvalue weighted by Gasteiger charge is 2.14. The van der Waals surface area contributed by atoms with Gasteiger partial charge < -0.3 is 11.1 Å². The van der Waals surface area contributed by atoms with Gasteiger partial charge >= 0.3 is 0 Å². The summed E-state index contributed by atoms with van der Waals surface area (Å²) in [6.45, 7) is 4.64. The lowest BCUT2D eigenvalue weighted by Crippen LogP contribution is -2.42. The van der Waals surface area contributed by atoms with Crippen LogP contribution in [0, 0.1) is 5.92 Å². The summed E-state index contributed by atoms with van der Waals surface area (Å²) < 4.78 is 24.3. The van der Waals surface area contributed by atoms with E-state index in [9.17, 15) is 13.6 Å². The third kappa shape index (κ3) is 8.55. The molecule has 0 aliphatic heterocycles. The van der Waals surface area contributed by atoms with E-state index in [1.807, 2.05) is 13.8 Å². The third-order valence-corrected chi connectivity index (χ3v) is 1.92. The van der Waals surface area contributed by atoms with Crippen molar-refractivity contribution >= 4 is 5.91 Å². The van der Waals surface area contributed by atoms with Crippen molar-refractivity contribution in [3.05, 3.63) is 0 Å². The second-order valence-electron chi connectivity index (χ2n) is 4.11. The van der Waals surface area contributed by atoms with Crippen molar-refractivity contribution in [2.75, 3.05) is 32.7 Å². The molecule has 0 saturated heterocycles. The number of rotatable bonds is 8. The van der Waals surface area contributed by atoms with Crippen LogP contribution >= 0.6 is 0 Å². The molecule has 96 valence electrons. The highest BCUT2D eigenvalue weighted by atomic mass is 19.3. The van der Waals surface area contributed by atoms with E-state index in [1.54, 1.807) is 0 Å². The van der Waals surface area contributed by atoms with Gasteiger partial charge in [0.15, 0.2) is 0 Å². The van der Waals surface area contributed by atoms with E-state index >= 15 is 0 Å². The Kier molecular flexibility index (Phi) is 8.01. The topological polar surface area (TPSA) is 58.4 Å². The van der Waals surface area contributed by atoms with Crippen molar-refractivity contribution < 1.29 is 13.6 Å². The average molecular weight is 237 g/mol. The molecule has 0 rings (SSSR count). The van der Waals surface area contributed by atoms with Crippen LogP contribution in [-0.2, 0) is 4.79 Å². The summed E-state index contributed by atoms with van der Waals surface area (Å²) in [7, 11) is 0. The molecule has 0 aromatic heterocycles. The summed E-state index contributed by atoms with van der Waals surface area (Å²) in [6.07, 6.45) is -2.44. The van der Waals surface area contributed by atoms with Crippen molar-refractivity contribution in [1.82, 2.24) is 10.2 Å². The fourth-order valence-electron chi connectivity index (χ4n) is 1.19. The van der Waals surface area contributed by atoms with Gasteiger partial charge in [-0.3, -0.25) is 9.69 Å². The first-order valence-electron chi connectivity index (χ1n) is 5.43. The molecule has 0 aliphatic carbocycles. The molecule has 0 bridgehead atoms. The lowest BCUT2D eigenvalue weighted by atomic mass is 10.2. The van der Waals surface area contributed by atoms with Gasteiger partial charge in [-0.15, -0.1) is 0 Å². The van der Waals surface area contributed by atoms with Crippen LogP contribution in [0.3, 0.4) is 0 Å². The van der Waals surface area contributed by atoms with E-state index in [0.29, 0.717) is 19.0 Å². The maximum atomic E-state index is 12.2. The third-order valence-electron chi connectivity index (χ3n) is 1.92. The van der Waals surface area contributed by atoms with Crippen LogP contribution in [0.4, 0.5) is 8.78 Å². The predicted octanol–water partition coefficient (Wildman–Crippen LogP) is 0.284. The Morgan fingerprint density at radius 2 is 2.06 bits per heavy atom. The second-order valence-corrected chi connectivity index (χ2v) is 4.11. The monoisotopic (exact) mass is 237 g/mol. The van der Waals surface area contributed by atoms with E-state index in [4.69, 9.17) is 5.73 Å². The quantitative estimate of drug-likeness (QED) is 0.637. The first-order chi connectivity index (χ1) is 7.45.